The summed E-state index contributed by atoms with van der Waals surface area (Å²) in [6, 6.07) is 10.1. The third-order valence-corrected chi connectivity index (χ3v) is 3.73. The molecule has 1 aromatic rings. The van der Waals surface area contributed by atoms with Gasteiger partial charge < -0.3 is 9.64 Å². The molecule has 0 aliphatic carbocycles. The SMILES string of the molecule is COCCCN1C(=O)C(C(C)C)NC1c1ccccc1. The van der Waals surface area contributed by atoms with E-state index in [-0.39, 0.29) is 18.1 Å². The topological polar surface area (TPSA) is 41.6 Å². The molecule has 20 heavy (non-hydrogen) atoms. The summed E-state index contributed by atoms with van der Waals surface area (Å²) in [5.41, 5.74) is 1.14. The summed E-state index contributed by atoms with van der Waals surface area (Å²) in [5.74, 6) is 0.492. The fourth-order valence-corrected chi connectivity index (χ4v) is 2.64. The number of nitrogens with zero attached hydrogens (tertiary/aromatic N) is 1. The molecule has 0 bridgehead atoms. The normalized spacial score (nSPS) is 22.8. The van der Waals surface area contributed by atoms with E-state index in [0.717, 1.165) is 18.5 Å². The van der Waals surface area contributed by atoms with Crippen LogP contribution in [-0.4, -0.2) is 37.1 Å². The van der Waals surface area contributed by atoms with Crippen LogP contribution in [0.3, 0.4) is 0 Å². The van der Waals surface area contributed by atoms with Gasteiger partial charge in [0.05, 0.1) is 6.04 Å². The smallest absolute Gasteiger partial charge is 0.241 e. The molecule has 1 heterocycles. The van der Waals surface area contributed by atoms with Gasteiger partial charge in [-0.2, -0.15) is 0 Å². The molecule has 2 rings (SSSR count). The molecule has 1 fully saturated rings. The maximum absolute atomic E-state index is 12.5. The Labute approximate surface area is 121 Å². The number of carbonyl (C=O) groups is 1. The van der Waals surface area contributed by atoms with Crippen molar-refractivity contribution in [3.05, 3.63) is 35.9 Å². The summed E-state index contributed by atoms with van der Waals surface area (Å²) in [7, 11) is 1.69. The van der Waals surface area contributed by atoms with E-state index in [0.29, 0.717) is 12.5 Å². The third-order valence-electron chi connectivity index (χ3n) is 3.73. The van der Waals surface area contributed by atoms with Crippen LogP contribution in [0.25, 0.3) is 0 Å². The number of rotatable bonds is 6. The quantitative estimate of drug-likeness (QED) is 0.810. The second-order valence-corrected chi connectivity index (χ2v) is 5.58. The number of methoxy groups -OCH3 is 1. The third kappa shape index (κ3) is 3.19. The van der Waals surface area contributed by atoms with E-state index in [4.69, 9.17) is 4.74 Å². The number of benzene rings is 1. The Balaban J connectivity index is 2.16. The first-order chi connectivity index (χ1) is 9.65. The Morgan fingerprint density at radius 3 is 2.60 bits per heavy atom. The number of carbonyl (C=O) groups excluding carboxylic acids is 1. The first kappa shape index (κ1) is 15.0. The van der Waals surface area contributed by atoms with Gasteiger partial charge in [0.15, 0.2) is 0 Å². The van der Waals surface area contributed by atoms with Crippen LogP contribution in [0.1, 0.15) is 32.0 Å². The van der Waals surface area contributed by atoms with Gasteiger partial charge in [-0.25, -0.2) is 0 Å². The minimum Gasteiger partial charge on any atom is -0.385 e. The van der Waals surface area contributed by atoms with Crippen LogP contribution in [-0.2, 0) is 9.53 Å². The van der Waals surface area contributed by atoms with E-state index in [2.05, 4.69) is 31.3 Å². The number of ether oxygens (including phenoxy) is 1. The molecule has 1 aromatic carbocycles. The van der Waals surface area contributed by atoms with E-state index in [1.807, 2.05) is 23.1 Å². The van der Waals surface area contributed by atoms with Crippen molar-refractivity contribution >= 4 is 5.91 Å². The lowest BCUT2D eigenvalue weighted by atomic mass is 10.1. The highest BCUT2D eigenvalue weighted by molar-refractivity contribution is 5.84. The van der Waals surface area contributed by atoms with Crippen molar-refractivity contribution in [3.8, 4) is 0 Å². The summed E-state index contributed by atoms with van der Waals surface area (Å²) < 4.78 is 5.09. The monoisotopic (exact) mass is 276 g/mol. The Morgan fingerprint density at radius 2 is 2.00 bits per heavy atom. The van der Waals surface area contributed by atoms with E-state index in [9.17, 15) is 4.79 Å². The fourth-order valence-electron chi connectivity index (χ4n) is 2.64. The van der Waals surface area contributed by atoms with Gasteiger partial charge in [-0.1, -0.05) is 44.2 Å². The molecule has 1 saturated heterocycles. The van der Waals surface area contributed by atoms with E-state index in [1.54, 1.807) is 7.11 Å². The van der Waals surface area contributed by atoms with E-state index >= 15 is 0 Å². The van der Waals surface area contributed by atoms with Crippen LogP contribution in [0.5, 0.6) is 0 Å². The molecule has 0 saturated carbocycles. The molecule has 0 aromatic heterocycles. The molecule has 1 amide bonds. The van der Waals surface area contributed by atoms with Crippen molar-refractivity contribution in [2.45, 2.75) is 32.5 Å². The van der Waals surface area contributed by atoms with Crippen LogP contribution in [0.15, 0.2) is 30.3 Å². The summed E-state index contributed by atoms with van der Waals surface area (Å²) in [6.45, 7) is 5.56. The highest BCUT2D eigenvalue weighted by Gasteiger charge is 2.40. The summed E-state index contributed by atoms with van der Waals surface area (Å²) >= 11 is 0. The lowest BCUT2D eigenvalue weighted by Crippen LogP contribution is -2.35. The number of amides is 1. The molecule has 2 unspecified atom stereocenters. The summed E-state index contributed by atoms with van der Waals surface area (Å²) in [4.78, 5) is 14.5. The lowest BCUT2D eigenvalue weighted by Gasteiger charge is -2.24. The molecule has 4 nitrogen and oxygen atoms in total. The number of hydrogen-bond donors (Lipinski definition) is 1. The maximum Gasteiger partial charge on any atom is 0.241 e. The van der Waals surface area contributed by atoms with Gasteiger partial charge >= 0.3 is 0 Å². The average Bonchev–Trinajstić information content (AvgIpc) is 2.78. The Hall–Kier alpha value is -1.39. The van der Waals surface area contributed by atoms with Crippen LogP contribution in [0.2, 0.25) is 0 Å². The summed E-state index contributed by atoms with van der Waals surface area (Å²) in [5, 5.41) is 3.47. The molecular formula is C16H24N2O2. The zero-order chi connectivity index (χ0) is 14.5. The van der Waals surface area contributed by atoms with E-state index < -0.39 is 0 Å². The number of nitrogens with one attached hydrogen (secondary N) is 1. The minimum absolute atomic E-state index is 0.0204. The van der Waals surface area contributed by atoms with Gasteiger partial charge in [0.2, 0.25) is 5.91 Å². The minimum atomic E-state index is -0.0947. The van der Waals surface area contributed by atoms with Gasteiger partial charge in [0.1, 0.15) is 6.17 Å². The molecule has 0 radical (unpaired) electrons. The van der Waals surface area contributed by atoms with Gasteiger partial charge in [0.25, 0.3) is 0 Å². The largest absolute Gasteiger partial charge is 0.385 e. The van der Waals surface area contributed by atoms with Crippen molar-refractivity contribution in [1.82, 2.24) is 10.2 Å². The Bertz CT molecular complexity index is 433. The van der Waals surface area contributed by atoms with Crippen molar-refractivity contribution in [1.29, 1.82) is 0 Å². The standard InChI is InChI=1S/C16H24N2O2/c1-12(2)14-16(19)18(10-7-11-20-3)15(17-14)13-8-5-4-6-9-13/h4-6,8-9,12,14-15,17H,7,10-11H2,1-3H3. The number of hydrogen-bond acceptors (Lipinski definition) is 3. The highest BCUT2D eigenvalue weighted by atomic mass is 16.5. The zero-order valence-corrected chi connectivity index (χ0v) is 12.5. The molecule has 110 valence electrons. The van der Waals surface area contributed by atoms with Crippen molar-refractivity contribution in [2.75, 3.05) is 20.3 Å². The van der Waals surface area contributed by atoms with Crippen molar-refractivity contribution < 1.29 is 9.53 Å². The van der Waals surface area contributed by atoms with Crippen LogP contribution in [0.4, 0.5) is 0 Å². The van der Waals surface area contributed by atoms with E-state index in [1.165, 1.54) is 0 Å². The maximum atomic E-state index is 12.5. The predicted octanol–water partition coefficient (Wildman–Crippen LogP) is 2.18. The van der Waals surface area contributed by atoms with Crippen LogP contribution >= 0.6 is 0 Å². The molecule has 4 heteroatoms. The predicted molar refractivity (Wildman–Crippen MR) is 79.2 cm³/mol. The van der Waals surface area contributed by atoms with Gasteiger partial charge in [-0.05, 0) is 17.9 Å². The van der Waals surface area contributed by atoms with Crippen molar-refractivity contribution in [2.24, 2.45) is 5.92 Å². The first-order valence-electron chi connectivity index (χ1n) is 7.25. The molecule has 1 aliphatic heterocycles. The molecule has 1 N–H and O–H groups in total. The first-order valence-corrected chi connectivity index (χ1v) is 7.25. The van der Waals surface area contributed by atoms with Crippen LogP contribution in [0, 0.1) is 5.92 Å². The molecular weight excluding hydrogens is 252 g/mol. The van der Waals surface area contributed by atoms with Gasteiger partial charge in [0, 0.05) is 20.3 Å². The Morgan fingerprint density at radius 1 is 1.30 bits per heavy atom. The van der Waals surface area contributed by atoms with Gasteiger partial charge in [-0.15, -0.1) is 0 Å². The fraction of sp³-hybridized carbons (Fsp3) is 0.562. The molecule has 0 spiro atoms. The van der Waals surface area contributed by atoms with Crippen LogP contribution < -0.4 is 5.32 Å². The summed E-state index contributed by atoms with van der Waals surface area (Å²) in [6.07, 6.45) is 0.839. The Kier molecular flexibility index (Phi) is 5.15. The molecule has 1 aliphatic rings. The highest BCUT2D eigenvalue weighted by Crippen LogP contribution is 2.28. The average molecular weight is 276 g/mol. The lowest BCUT2D eigenvalue weighted by molar-refractivity contribution is -0.131. The second-order valence-electron chi connectivity index (χ2n) is 5.58. The molecule has 2 atom stereocenters. The van der Waals surface area contributed by atoms with Crippen molar-refractivity contribution in [3.63, 3.8) is 0 Å². The second kappa shape index (κ2) is 6.86. The van der Waals surface area contributed by atoms with Gasteiger partial charge in [-0.3, -0.25) is 10.1 Å². The zero-order valence-electron chi connectivity index (χ0n) is 12.5.